The highest BCUT2D eigenvalue weighted by atomic mass is 16.5. The molecule has 3 fully saturated rings. The Bertz CT molecular complexity index is 2680. The van der Waals surface area contributed by atoms with Gasteiger partial charge in [0, 0.05) is 111 Å². The van der Waals surface area contributed by atoms with E-state index in [0.717, 1.165) is 68.7 Å². The van der Waals surface area contributed by atoms with Crippen LogP contribution in [0, 0.1) is 0 Å². The van der Waals surface area contributed by atoms with Crippen LogP contribution < -0.4 is 15.5 Å². The second-order valence-corrected chi connectivity index (χ2v) is 16.7. The lowest BCUT2D eigenvalue weighted by molar-refractivity contribution is -0.136. The Kier molecular flexibility index (Phi) is 10.1. The molecule has 3 aromatic heterocycles. The molecule has 5 aliphatic rings. The van der Waals surface area contributed by atoms with Crippen molar-refractivity contribution in [1.29, 1.82) is 0 Å². The summed E-state index contributed by atoms with van der Waals surface area (Å²) in [6.45, 7) is 5.46. The van der Waals surface area contributed by atoms with Gasteiger partial charge in [0.05, 0.1) is 28.6 Å². The number of nitrogens with zero attached hydrogens (tertiary/aromatic N) is 7. The van der Waals surface area contributed by atoms with E-state index < -0.39 is 29.7 Å². The molecule has 6 amide bonds. The van der Waals surface area contributed by atoms with Crippen LogP contribution in [0.3, 0.4) is 0 Å². The zero-order valence-corrected chi connectivity index (χ0v) is 34.3. The van der Waals surface area contributed by atoms with Crippen LogP contribution in [0.2, 0.25) is 0 Å². The molecular formula is C46H45N9O7. The minimum Gasteiger partial charge on any atom is -0.381 e. The molecule has 2 N–H and O–H groups in total. The number of hydrogen-bond donors (Lipinski definition) is 2. The molecule has 316 valence electrons. The molecule has 62 heavy (non-hydrogen) atoms. The molecular weight excluding hydrogens is 791 g/mol. The van der Waals surface area contributed by atoms with Crippen LogP contribution in [0.15, 0.2) is 67.0 Å². The van der Waals surface area contributed by atoms with Crippen molar-refractivity contribution in [1.82, 2.24) is 40.2 Å². The standard InChI is InChI=1S/C46H45N9O7/c1-26(56)53-18-13-39-36(25-53)42(51-55(39)30-14-19-62-20-15-30)32-4-2-3-27-21-38(48-24-35(27)32)28-5-8-37(47-23-28)43(58)49-29-11-16-52(17-12-29)31-6-7-33-34(22-31)46(61)54(45(33)60)40-9-10-41(57)50-44(40)59/h2-8,21-24,29-30,40H,9-20,25H2,1H3,(H,49,58)(H,50,57,59). The number of carbonyl (C=O) groups is 6. The van der Waals surface area contributed by atoms with Crippen molar-refractivity contribution in [3.63, 3.8) is 0 Å². The van der Waals surface area contributed by atoms with Gasteiger partial charge in [0.2, 0.25) is 17.7 Å². The molecule has 5 aliphatic heterocycles. The third kappa shape index (κ3) is 7.07. The van der Waals surface area contributed by atoms with E-state index in [0.29, 0.717) is 57.9 Å². The summed E-state index contributed by atoms with van der Waals surface area (Å²) in [4.78, 5) is 90.7. The van der Waals surface area contributed by atoms with Gasteiger partial charge in [-0.3, -0.25) is 53.6 Å². The molecule has 0 aliphatic carbocycles. The molecule has 10 rings (SSSR count). The molecule has 1 atom stereocenters. The number of amides is 6. The van der Waals surface area contributed by atoms with Crippen LogP contribution >= 0.6 is 0 Å². The van der Waals surface area contributed by atoms with Gasteiger partial charge in [-0.05, 0) is 73.9 Å². The zero-order chi connectivity index (χ0) is 42.6. The van der Waals surface area contributed by atoms with Gasteiger partial charge in [0.15, 0.2) is 0 Å². The number of nitrogens with one attached hydrogen (secondary N) is 2. The van der Waals surface area contributed by atoms with E-state index in [4.69, 9.17) is 14.8 Å². The largest absolute Gasteiger partial charge is 0.381 e. The maximum Gasteiger partial charge on any atom is 0.270 e. The van der Waals surface area contributed by atoms with E-state index in [1.54, 1.807) is 37.4 Å². The summed E-state index contributed by atoms with van der Waals surface area (Å²) in [6.07, 6.45) is 7.59. The predicted octanol–water partition coefficient (Wildman–Crippen LogP) is 4.22. The number of benzene rings is 2. The van der Waals surface area contributed by atoms with Crippen molar-refractivity contribution in [2.24, 2.45) is 0 Å². The number of aromatic nitrogens is 4. The fraction of sp³-hybridized carbons (Fsp3) is 0.370. The van der Waals surface area contributed by atoms with Crippen LogP contribution in [0.1, 0.15) is 94.0 Å². The topological polar surface area (TPSA) is 189 Å². The lowest BCUT2D eigenvalue weighted by Crippen LogP contribution is -2.54. The highest BCUT2D eigenvalue weighted by Gasteiger charge is 2.45. The van der Waals surface area contributed by atoms with Gasteiger partial charge < -0.3 is 19.9 Å². The average Bonchev–Trinajstić information content (AvgIpc) is 3.79. The van der Waals surface area contributed by atoms with E-state index in [1.165, 1.54) is 5.69 Å². The summed E-state index contributed by atoms with van der Waals surface area (Å²) in [5.41, 5.74) is 7.19. The molecule has 2 aromatic carbocycles. The van der Waals surface area contributed by atoms with Gasteiger partial charge in [0.25, 0.3) is 17.7 Å². The molecule has 16 heteroatoms. The van der Waals surface area contributed by atoms with Crippen molar-refractivity contribution in [2.45, 2.75) is 76.5 Å². The normalized spacial score (nSPS) is 19.8. The molecule has 5 aromatic rings. The quantitative estimate of drug-likeness (QED) is 0.224. The zero-order valence-electron chi connectivity index (χ0n) is 34.3. The van der Waals surface area contributed by atoms with Crippen LogP contribution in [0.4, 0.5) is 5.69 Å². The summed E-state index contributed by atoms with van der Waals surface area (Å²) in [5.74, 6) is -2.35. The van der Waals surface area contributed by atoms with E-state index in [-0.39, 0.29) is 47.9 Å². The third-order valence-corrected chi connectivity index (χ3v) is 13.0. The number of hydrogen-bond acceptors (Lipinski definition) is 11. The number of ether oxygens (including phenoxy) is 1. The number of imide groups is 2. The third-order valence-electron chi connectivity index (χ3n) is 13.0. The van der Waals surface area contributed by atoms with Crippen LogP contribution in [0.5, 0.6) is 0 Å². The smallest absolute Gasteiger partial charge is 0.270 e. The second-order valence-electron chi connectivity index (χ2n) is 16.7. The van der Waals surface area contributed by atoms with Crippen LogP contribution in [0.25, 0.3) is 33.3 Å². The van der Waals surface area contributed by atoms with Gasteiger partial charge in [-0.2, -0.15) is 5.10 Å². The number of rotatable bonds is 7. The van der Waals surface area contributed by atoms with E-state index >= 15 is 0 Å². The summed E-state index contributed by atoms with van der Waals surface area (Å²) in [5, 5.41) is 12.5. The average molecular weight is 836 g/mol. The van der Waals surface area contributed by atoms with Gasteiger partial charge in [-0.25, -0.2) is 0 Å². The number of carbonyl (C=O) groups excluding carboxylic acids is 6. The summed E-state index contributed by atoms with van der Waals surface area (Å²) < 4.78 is 7.85. The first-order valence-corrected chi connectivity index (χ1v) is 21.3. The van der Waals surface area contributed by atoms with Crippen molar-refractivity contribution >= 4 is 51.9 Å². The Hall–Kier alpha value is -6.81. The minimum atomic E-state index is -1.02. The summed E-state index contributed by atoms with van der Waals surface area (Å²) in [6, 6.07) is 16.0. The molecule has 0 spiro atoms. The van der Waals surface area contributed by atoms with Crippen LogP contribution in [-0.4, -0.2) is 110 Å². The first kappa shape index (κ1) is 39.3. The van der Waals surface area contributed by atoms with Crippen molar-refractivity contribution in [3.8, 4) is 22.5 Å². The Balaban J connectivity index is 0.796. The second kappa shape index (κ2) is 15.9. The maximum atomic E-state index is 13.4. The lowest BCUT2D eigenvalue weighted by Gasteiger charge is -2.34. The highest BCUT2D eigenvalue weighted by Crippen LogP contribution is 2.38. The number of anilines is 1. The summed E-state index contributed by atoms with van der Waals surface area (Å²) in [7, 11) is 0. The molecule has 0 radical (unpaired) electrons. The van der Waals surface area contributed by atoms with Crippen molar-refractivity contribution < 1.29 is 33.5 Å². The van der Waals surface area contributed by atoms with Gasteiger partial charge in [-0.1, -0.05) is 18.2 Å². The molecule has 16 nitrogen and oxygen atoms in total. The van der Waals surface area contributed by atoms with Crippen molar-refractivity contribution in [2.75, 3.05) is 37.7 Å². The molecule has 1 unspecified atom stereocenters. The maximum absolute atomic E-state index is 13.4. The first-order valence-electron chi connectivity index (χ1n) is 21.3. The van der Waals surface area contributed by atoms with Crippen molar-refractivity contribution in [3.05, 3.63) is 95.1 Å². The SMILES string of the molecule is CC(=O)N1CCc2c(c(-c3cccc4cc(-c5ccc(C(=O)NC6CCN(c7ccc8c(c7)C(=O)N(C7CCC(=O)NC7=O)C8=O)CC6)nc5)ncc34)nn2C2CCOCC2)C1. The monoisotopic (exact) mass is 835 g/mol. The Labute approximate surface area is 356 Å². The fourth-order valence-electron chi connectivity index (χ4n) is 9.58. The first-order chi connectivity index (χ1) is 30.1. The van der Waals surface area contributed by atoms with E-state index in [9.17, 15) is 28.8 Å². The van der Waals surface area contributed by atoms with Crippen LogP contribution in [-0.2, 0) is 32.1 Å². The number of pyridine rings is 2. The lowest BCUT2D eigenvalue weighted by atomic mass is 9.96. The Morgan fingerprint density at radius 1 is 0.823 bits per heavy atom. The number of fused-ring (bicyclic) bond motifs is 3. The van der Waals surface area contributed by atoms with Gasteiger partial charge >= 0.3 is 0 Å². The molecule has 0 bridgehead atoms. The number of piperidine rings is 2. The molecule has 3 saturated heterocycles. The predicted molar refractivity (Wildman–Crippen MR) is 226 cm³/mol. The molecule has 0 saturated carbocycles. The fourth-order valence-corrected chi connectivity index (χ4v) is 9.58. The van der Waals surface area contributed by atoms with E-state index in [2.05, 4.69) is 37.3 Å². The minimum absolute atomic E-state index is 0.0556. The van der Waals surface area contributed by atoms with Gasteiger partial charge in [0.1, 0.15) is 11.7 Å². The Morgan fingerprint density at radius 2 is 1.63 bits per heavy atom. The molecule has 8 heterocycles. The van der Waals surface area contributed by atoms with E-state index in [1.807, 2.05) is 29.3 Å². The summed E-state index contributed by atoms with van der Waals surface area (Å²) >= 11 is 0. The highest BCUT2D eigenvalue weighted by molar-refractivity contribution is 6.23. The van der Waals surface area contributed by atoms with Gasteiger partial charge in [-0.15, -0.1) is 0 Å². The Morgan fingerprint density at radius 3 is 2.39 bits per heavy atom.